The van der Waals surface area contributed by atoms with Gasteiger partial charge in [0.2, 0.25) is 0 Å². The van der Waals surface area contributed by atoms with Gasteiger partial charge in [-0.3, -0.25) is 4.40 Å². The van der Waals surface area contributed by atoms with E-state index in [1.54, 1.807) is 0 Å². The molecule has 3 nitrogen and oxygen atoms in total. The molecule has 3 heteroatoms. The summed E-state index contributed by atoms with van der Waals surface area (Å²) >= 11 is 0. The third-order valence-electron chi connectivity index (χ3n) is 3.56. The maximum Gasteiger partial charge on any atom is 0.164 e. The molecule has 0 radical (unpaired) electrons. The molecular weight excluding hydrogens is 210 g/mol. The summed E-state index contributed by atoms with van der Waals surface area (Å²) in [5, 5.41) is 0. The smallest absolute Gasteiger partial charge is 0.164 e. The zero-order chi connectivity index (χ0) is 11.2. The molecule has 84 valence electrons. The predicted octanol–water partition coefficient (Wildman–Crippen LogP) is 2.76. The van der Waals surface area contributed by atoms with Crippen LogP contribution in [0.5, 0.6) is 0 Å². The highest BCUT2D eigenvalue weighted by molar-refractivity contribution is 5.77. The third-order valence-corrected chi connectivity index (χ3v) is 3.56. The molecular formula is C14H13N3. The largest absolute Gasteiger partial charge is 0.284 e. The van der Waals surface area contributed by atoms with E-state index in [1.807, 2.05) is 24.4 Å². The number of hydrogen-bond donors (Lipinski definition) is 0. The van der Waals surface area contributed by atoms with Crippen molar-refractivity contribution in [2.24, 2.45) is 0 Å². The third kappa shape index (κ3) is 1.28. The van der Waals surface area contributed by atoms with Crippen molar-refractivity contribution in [3.8, 4) is 0 Å². The summed E-state index contributed by atoms with van der Waals surface area (Å²) in [6.45, 7) is 0. The van der Waals surface area contributed by atoms with Gasteiger partial charge in [0.25, 0.3) is 0 Å². The van der Waals surface area contributed by atoms with E-state index >= 15 is 0 Å². The number of aryl methyl sites for hydroxylation is 2. The maximum atomic E-state index is 4.80. The molecule has 0 aliphatic heterocycles. The molecule has 0 spiro atoms. The number of aromatic nitrogens is 3. The summed E-state index contributed by atoms with van der Waals surface area (Å²) in [4.78, 5) is 9.43. The van der Waals surface area contributed by atoms with Crippen LogP contribution >= 0.6 is 0 Å². The number of fused-ring (bicyclic) bond motifs is 4. The van der Waals surface area contributed by atoms with Gasteiger partial charge in [-0.05, 0) is 49.4 Å². The first-order valence-electron chi connectivity index (χ1n) is 6.17. The topological polar surface area (TPSA) is 30.2 Å². The van der Waals surface area contributed by atoms with Crippen molar-refractivity contribution < 1.29 is 0 Å². The summed E-state index contributed by atoms with van der Waals surface area (Å²) in [5.74, 6) is 0. The second-order valence-corrected chi connectivity index (χ2v) is 4.68. The lowest BCUT2D eigenvalue weighted by atomic mass is 9.96. The lowest BCUT2D eigenvalue weighted by Crippen LogP contribution is -2.05. The SMILES string of the molecule is c1ccn2c(c1)nc1cc3c(nc12)CCCC3. The van der Waals surface area contributed by atoms with Crippen LogP contribution < -0.4 is 0 Å². The second kappa shape index (κ2) is 3.29. The van der Waals surface area contributed by atoms with E-state index < -0.39 is 0 Å². The highest BCUT2D eigenvalue weighted by Gasteiger charge is 2.14. The molecule has 0 saturated heterocycles. The van der Waals surface area contributed by atoms with Crippen molar-refractivity contribution in [3.63, 3.8) is 0 Å². The lowest BCUT2D eigenvalue weighted by molar-refractivity contribution is 0.670. The van der Waals surface area contributed by atoms with Crippen LogP contribution in [0.15, 0.2) is 30.5 Å². The van der Waals surface area contributed by atoms with Crippen LogP contribution in [0.1, 0.15) is 24.1 Å². The molecule has 0 aromatic carbocycles. The van der Waals surface area contributed by atoms with E-state index in [-0.39, 0.29) is 0 Å². The molecule has 3 aromatic heterocycles. The molecule has 1 aliphatic carbocycles. The molecule has 3 heterocycles. The van der Waals surface area contributed by atoms with Crippen LogP contribution in [0.3, 0.4) is 0 Å². The number of nitrogens with zero attached hydrogens (tertiary/aromatic N) is 3. The zero-order valence-electron chi connectivity index (χ0n) is 9.56. The molecule has 0 saturated carbocycles. The van der Waals surface area contributed by atoms with Crippen LogP contribution in [0.4, 0.5) is 0 Å². The first-order valence-corrected chi connectivity index (χ1v) is 6.17. The highest BCUT2D eigenvalue weighted by atomic mass is 15.1. The number of rotatable bonds is 0. The molecule has 0 atom stereocenters. The maximum absolute atomic E-state index is 4.80. The molecule has 0 unspecified atom stereocenters. The summed E-state index contributed by atoms with van der Waals surface area (Å²) in [5.41, 5.74) is 5.68. The van der Waals surface area contributed by atoms with Gasteiger partial charge in [0.15, 0.2) is 5.65 Å². The monoisotopic (exact) mass is 223 g/mol. The fraction of sp³-hybridized carbons (Fsp3) is 0.286. The Morgan fingerprint density at radius 2 is 2.00 bits per heavy atom. The predicted molar refractivity (Wildman–Crippen MR) is 67.1 cm³/mol. The molecule has 17 heavy (non-hydrogen) atoms. The van der Waals surface area contributed by atoms with Gasteiger partial charge in [-0.15, -0.1) is 0 Å². The average molecular weight is 223 g/mol. The normalized spacial score (nSPS) is 15.3. The molecule has 3 aromatic rings. The van der Waals surface area contributed by atoms with E-state index in [2.05, 4.69) is 15.5 Å². The zero-order valence-corrected chi connectivity index (χ0v) is 9.56. The summed E-state index contributed by atoms with van der Waals surface area (Å²) in [7, 11) is 0. The van der Waals surface area contributed by atoms with Crippen molar-refractivity contribution in [3.05, 3.63) is 41.7 Å². The highest BCUT2D eigenvalue weighted by Crippen LogP contribution is 2.24. The van der Waals surface area contributed by atoms with E-state index in [9.17, 15) is 0 Å². The van der Waals surface area contributed by atoms with Gasteiger partial charge in [-0.1, -0.05) is 6.07 Å². The number of hydrogen-bond acceptors (Lipinski definition) is 2. The van der Waals surface area contributed by atoms with Gasteiger partial charge < -0.3 is 0 Å². The van der Waals surface area contributed by atoms with Gasteiger partial charge in [-0.2, -0.15) is 0 Å². The Balaban J connectivity index is 2.12. The lowest BCUT2D eigenvalue weighted by Gasteiger charge is -2.13. The Morgan fingerprint density at radius 1 is 1.06 bits per heavy atom. The van der Waals surface area contributed by atoms with Crippen LogP contribution in [0, 0.1) is 0 Å². The minimum Gasteiger partial charge on any atom is -0.284 e. The summed E-state index contributed by atoms with van der Waals surface area (Å²) in [6.07, 6.45) is 6.86. The Morgan fingerprint density at radius 3 is 3.00 bits per heavy atom. The van der Waals surface area contributed by atoms with Crippen molar-refractivity contribution in [1.29, 1.82) is 0 Å². The summed E-state index contributed by atoms with van der Waals surface area (Å²) < 4.78 is 2.07. The molecule has 0 N–H and O–H groups in total. The van der Waals surface area contributed by atoms with Crippen molar-refractivity contribution >= 4 is 16.8 Å². The molecule has 4 rings (SSSR count). The Hall–Kier alpha value is -1.90. The van der Waals surface area contributed by atoms with Crippen molar-refractivity contribution in [1.82, 2.24) is 14.4 Å². The van der Waals surface area contributed by atoms with Crippen molar-refractivity contribution in [2.45, 2.75) is 25.7 Å². The van der Waals surface area contributed by atoms with E-state index in [4.69, 9.17) is 4.98 Å². The van der Waals surface area contributed by atoms with E-state index in [0.717, 1.165) is 29.7 Å². The van der Waals surface area contributed by atoms with Crippen molar-refractivity contribution in [2.75, 3.05) is 0 Å². The van der Waals surface area contributed by atoms with E-state index in [0.29, 0.717) is 0 Å². The Kier molecular flexibility index (Phi) is 1.78. The second-order valence-electron chi connectivity index (χ2n) is 4.68. The van der Waals surface area contributed by atoms with Crippen LogP contribution in [-0.4, -0.2) is 14.4 Å². The minimum absolute atomic E-state index is 0.984. The average Bonchev–Trinajstić information content (AvgIpc) is 2.73. The van der Waals surface area contributed by atoms with Crippen LogP contribution in [0.25, 0.3) is 16.8 Å². The van der Waals surface area contributed by atoms with Gasteiger partial charge in [-0.25, -0.2) is 9.97 Å². The standard InChI is InChI=1S/C14H13N3/c1-2-6-11-10(5-1)9-12-14(16-11)17-8-4-3-7-13(17)15-12/h3-4,7-9H,1-2,5-6H2. The Labute approximate surface area is 99.1 Å². The van der Waals surface area contributed by atoms with E-state index in [1.165, 1.54) is 24.1 Å². The molecule has 0 bridgehead atoms. The Bertz CT molecular complexity index is 712. The fourth-order valence-electron chi connectivity index (χ4n) is 2.70. The first-order chi connectivity index (χ1) is 8.42. The van der Waals surface area contributed by atoms with Crippen LogP contribution in [-0.2, 0) is 12.8 Å². The van der Waals surface area contributed by atoms with Gasteiger partial charge >= 0.3 is 0 Å². The van der Waals surface area contributed by atoms with Gasteiger partial charge in [0, 0.05) is 11.9 Å². The quantitative estimate of drug-likeness (QED) is 0.586. The van der Waals surface area contributed by atoms with Crippen LogP contribution in [0.2, 0.25) is 0 Å². The first kappa shape index (κ1) is 9.16. The van der Waals surface area contributed by atoms with Gasteiger partial charge in [0.1, 0.15) is 11.2 Å². The molecule has 0 amide bonds. The van der Waals surface area contributed by atoms with Gasteiger partial charge in [0.05, 0.1) is 0 Å². The molecule has 1 aliphatic rings. The summed E-state index contributed by atoms with van der Waals surface area (Å²) in [6, 6.07) is 8.29. The number of imidazole rings is 1. The fourth-order valence-corrected chi connectivity index (χ4v) is 2.70. The number of pyridine rings is 2. The molecule has 0 fully saturated rings. The minimum atomic E-state index is 0.984.